The Balaban J connectivity index is 1.56. The first-order valence-corrected chi connectivity index (χ1v) is 9.65. The lowest BCUT2D eigenvalue weighted by molar-refractivity contribution is -0.133. The molecule has 0 radical (unpaired) electrons. The molecule has 2 fully saturated rings. The second-order valence-corrected chi connectivity index (χ2v) is 7.63. The molecule has 7 heteroatoms. The van der Waals surface area contributed by atoms with Crippen LogP contribution in [0.5, 0.6) is 0 Å². The van der Waals surface area contributed by atoms with Gasteiger partial charge in [-0.3, -0.25) is 9.59 Å². The van der Waals surface area contributed by atoms with Gasteiger partial charge < -0.3 is 15.5 Å². The Bertz CT molecular complexity index is 686. The molecule has 1 heterocycles. The molecule has 148 valence electrons. The Morgan fingerprint density at radius 3 is 2.48 bits per heavy atom. The van der Waals surface area contributed by atoms with Gasteiger partial charge in [-0.25, -0.2) is 8.78 Å². The van der Waals surface area contributed by atoms with E-state index in [2.05, 4.69) is 10.6 Å². The van der Waals surface area contributed by atoms with Gasteiger partial charge in [0.05, 0.1) is 12.5 Å². The van der Waals surface area contributed by atoms with Crippen LogP contribution in [-0.4, -0.2) is 42.4 Å². The summed E-state index contributed by atoms with van der Waals surface area (Å²) in [7, 11) is 0. The lowest BCUT2D eigenvalue weighted by atomic mass is 10.00. The van der Waals surface area contributed by atoms with Crippen LogP contribution in [0, 0.1) is 17.6 Å². The SMILES string of the molecule is CC(=O)NC(CC(=O)N1CCC(NCC2CC2)CC1)c1ccc(F)cc1F. The maximum Gasteiger partial charge on any atom is 0.224 e. The van der Waals surface area contributed by atoms with Crippen molar-refractivity contribution in [2.75, 3.05) is 19.6 Å². The van der Waals surface area contributed by atoms with Gasteiger partial charge >= 0.3 is 0 Å². The van der Waals surface area contributed by atoms with Crippen LogP contribution < -0.4 is 10.6 Å². The standard InChI is InChI=1S/C20H27F2N3O2/c1-13(26)24-19(17-5-4-15(21)10-18(17)22)11-20(27)25-8-6-16(7-9-25)23-12-14-2-3-14/h4-5,10,14,16,19,23H,2-3,6-9,11-12H2,1H3,(H,24,26). The van der Waals surface area contributed by atoms with Crippen molar-refractivity contribution in [2.45, 2.75) is 51.1 Å². The van der Waals surface area contributed by atoms with Gasteiger partial charge in [0.25, 0.3) is 0 Å². The first-order valence-electron chi connectivity index (χ1n) is 9.65. The predicted octanol–water partition coefficient (Wildman–Crippen LogP) is 2.52. The lowest BCUT2D eigenvalue weighted by Crippen LogP contribution is -2.46. The highest BCUT2D eigenvalue weighted by atomic mass is 19.1. The summed E-state index contributed by atoms with van der Waals surface area (Å²) < 4.78 is 27.3. The van der Waals surface area contributed by atoms with E-state index in [9.17, 15) is 18.4 Å². The molecule has 1 saturated heterocycles. The summed E-state index contributed by atoms with van der Waals surface area (Å²) in [5.74, 6) is -1.11. The minimum atomic E-state index is -0.804. The first-order chi connectivity index (χ1) is 12.9. The highest BCUT2D eigenvalue weighted by Crippen LogP contribution is 2.28. The van der Waals surface area contributed by atoms with Crippen molar-refractivity contribution in [2.24, 2.45) is 5.92 Å². The van der Waals surface area contributed by atoms with E-state index in [0.717, 1.165) is 37.4 Å². The molecule has 2 amide bonds. The molecule has 0 bridgehead atoms. The molecule has 1 aliphatic heterocycles. The number of carbonyl (C=O) groups is 2. The number of piperidine rings is 1. The Kier molecular flexibility index (Phi) is 6.42. The predicted molar refractivity (Wildman–Crippen MR) is 97.9 cm³/mol. The molecule has 0 spiro atoms. The van der Waals surface area contributed by atoms with Crippen molar-refractivity contribution >= 4 is 11.8 Å². The zero-order valence-corrected chi connectivity index (χ0v) is 15.6. The van der Waals surface area contributed by atoms with Crippen LogP contribution in [0.1, 0.15) is 50.6 Å². The number of likely N-dealkylation sites (tertiary alicyclic amines) is 1. The molecule has 3 rings (SSSR count). The fourth-order valence-corrected chi connectivity index (χ4v) is 3.56. The van der Waals surface area contributed by atoms with Crippen LogP contribution in [0.3, 0.4) is 0 Å². The number of amides is 2. The quantitative estimate of drug-likeness (QED) is 0.765. The van der Waals surface area contributed by atoms with Crippen LogP contribution >= 0.6 is 0 Å². The third kappa shape index (κ3) is 5.73. The van der Waals surface area contributed by atoms with Crippen LogP contribution in [0.25, 0.3) is 0 Å². The first kappa shape index (κ1) is 19.7. The maximum atomic E-state index is 14.1. The van der Waals surface area contributed by atoms with E-state index >= 15 is 0 Å². The molecule has 0 aromatic heterocycles. The zero-order chi connectivity index (χ0) is 19.4. The fraction of sp³-hybridized carbons (Fsp3) is 0.600. The van der Waals surface area contributed by atoms with Crippen molar-refractivity contribution in [3.63, 3.8) is 0 Å². The molecular formula is C20H27F2N3O2. The van der Waals surface area contributed by atoms with E-state index in [0.29, 0.717) is 19.1 Å². The summed E-state index contributed by atoms with van der Waals surface area (Å²) in [6.07, 6.45) is 4.38. The van der Waals surface area contributed by atoms with Crippen molar-refractivity contribution < 1.29 is 18.4 Å². The van der Waals surface area contributed by atoms with Crippen LogP contribution in [0.4, 0.5) is 8.78 Å². The number of nitrogens with one attached hydrogen (secondary N) is 2. The number of nitrogens with zero attached hydrogens (tertiary/aromatic N) is 1. The topological polar surface area (TPSA) is 61.4 Å². The van der Waals surface area contributed by atoms with E-state index in [1.54, 1.807) is 4.90 Å². The summed E-state index contributed by atoms with van der Waals surface area (Å²) >= 11 is 0. The normalized spacial score (nSPS) is 19.0. The van der Waals surface area contributed by atoms with Gasteiger partial charge in [0.15, 0.2) is 0 Å². The molecule has 1 aliphatic carbocycles. The monoisotopic (exact) mass is 379 g/mol. The molecule has 1 aromatic carbocycles. The third-order valence-electron chi connectivity index (χ3n) is 5.33. The molecule has 5 nitrogen and oxygen atoms in total. The van der Waals surface area contributed by atoms with Crippen molar-refractivity contribution in [1.29, 1.82) is 0 Å². The lowest BCUT2D eigenvalue weighted by Gasteiger charge is -2.33. The van der Waals surface area contributed by atoms with Gasteiger partial charge in [-0.15, -0.1) is 0 Å². The third-order valence-corrected chi connectivity index (χ3v) is 5.33. The highest BCUT2D eigenvalue weighted by molar-refractivity contribution is 5.79. The van der Waals surface area contributed by atoms with Gasteiger partial charge in [-0.05, 0) is 44.2 Å². The number of carbonyl (C=O) groups excluding carboxylic acids is 2. The Morgan fingerprint density at radius 2 is 1.89 bits per heavy atom. The van der Waals surface area contributed by atoms with Gasteiger partial charge in [-0.1, -0.05) is 6.07 Å². The number of hydrogen-bond acceptors (Lipinski definition) is 3. The summed E-state index contributed by atoms with van der Waals surface area (Å²) in [6, 6.07) is 2.82. The molecule has 1 aromatic rings. The van der Waals surface area contributed by atoms with Gasteiger partial charge in [0, 0.05) is 37.7 Å². The van der Waals surface area contributed by atoms with Gasteiger partial charge in [0.2, 0.25) is 11.8 Å². The largest absolute Gasteiger partial charge is 0.349 e. The average Bonchev–Trinajstić information content (AvgIpc) is 3.44. The van der Waals surface area contributed by atoms with Crippen LogP contribution in [-0.2, 0) is 9.59 Å². The average molecular weight is 379 g/mol. The minimum absolute atomic E-state index is 0.0394. The fourth-order valence-electron chi connectivity index (χ4n) is 3.56. The molecule has 1 saturated carbocycles. The van der Waals surface area contributed by atoms with E-state index in [4.69, 9.17) is 0 Å². The molecule has 1 atom stereocenters. The van der Waals surface area contributed by atoms with Gasteiger partial charge in [-0.2, -0.15) is 0 Å². The smallest absolute Gasteiger partial charge is 0.224 e. The Hall–Kier alpha value is -2.02. The van der Waals surface area contributed by atoms with Crippen molar-refractivity contribution in [3.8, 4) is 0 Å². The second kappa shape index (κ2) is 8.78. The summed E-state index contributed by atoms with van der Waals surface area (Å²) in [4.78, 5) is 25.9. The molecule has 2 N–H and O–H groups in total. The molecule has 27 heavy (non-hydrogen) atoms. The minimum Gasteiger partial charge on any atom is -0.349 e. The molecular weight excluding hydrogens is 352 g/mol. The number of hydrogen-bond donors (Lipinski definition) is 2. The highest BCUT2D eigenvalue weighted by Gasteiger charge is 2.28. The Morgan fingerprint density at radius 1 is 1.19 bits per heavy atom. The number of benzene rings is 1. The maximum absolute atomic E-state index is 14.1. The molecule has 2 aliphatic rings. The van der Waals surface area contributed by atoms with E-state index in [1.807, 2.05) is 0 Å². The molecule has 1 unspecified atom stereocenters. The van der Waals surface area contributed by atoms with Crippen LogP contribution in [0.15, 0.2) is 18.2 Å². The number of halogens is 2. The van der Waals surface area contributed by atoms with Crippen molar-refractivity contribution in [3.05, 3.63) is 35.4 Å². The van der Waals surface area contributed by atoms with E-state index in [1.165, 1.54) is 25.8 Å². The second-order valence-electron chi connectivity index (χ2n) is 7.63. The van der Waals surface area contributed by atoms with Gasteiger partial charge in [0.1, 0.15) is 11.6 Å². The summed E-state index contributed by atoms with van der Waals surface area (Å²) in [5, 5.41) is 6.18. The number of rotatable bonds is 7. The van der Waals surface area contributed by atoms with E-state index < -0.39 is 17.7 Å². The zero-order valence-electron chi connectivity index (χ0n) is 15.6. The summed E-state index contributed by atoms with van der Waals surface area (Å²) in [5.41, 5.74) is 0.126. The summed E-state index contributed by atoms with van der Waals surface area (Å²) in [6.45, 7) is 3.68. The van der Waals surface area contributed by atoms with Crippen molar-refractivity contribution in [1.82, 2.24) is 15.5 Å². The van der Waals surface area contributed by atoms with Crippen LogP contribution in [0.2, 0.25) is 0 Å². The Labute approximate surface area is 158 Å². The van der Waals surface area contributed by atoms with E-state index in [-0.39, 0.29) is 23.8 Å².